The molecular weight excluding hydrogens is 427 g/mol. The molecule has 0 aromatic heterocycles. The Bertz CT molecular complexity index is 111. The molecule has 0 amide bonds. The molecule has 0 radical (unpaired) electrons. The molecule has 0 aliphatic rings. The number of hydrogen-bond acceptors (Lipinski definition) is 2. The Morgan fingerprint density at radius 2 is 0.667 bits per heavy atom. The predicted octanol–water partition coefficient (Wildman–Crippen LogP) is 5.46. The number of aliphatic hydroxyl groups is 2. The van der Waals surface area contributed by atoms with Crippen molar-refractivity contribution in [3.8, 4) is 0 Å². The molecule has 2 nitrogen and oxygen atoms in total. The minimum Gasteiger partial charge on any atom is -0.396 e. The van der Waals surface area contributed by atoms with Gasteiger partial charge in [-0.1, -0.05) is 90.9 Å². The fourth-order valence-corrected chi connectivity index (χ4v) is 2.14. The molecular formula is C18H40HfO2. The van der Waals surface area contributed by atoms with Crippen LogP contribution in [0.15, 0.2) is 0 Å². The topological polar surface area (TPSA) is 40.5 Å². The van der Waals surface area contributed by atoms with E-state index in [9.17, 15) is 0 Å². The van der Waals surface area contributed by atoms with Crippen molar-refractivity contribution in [2.45, 2.75) is 104 Å². The second-order valence-corrected chi connectivity index (χ2v) is 5.69. The van der Waals surface area contributed by atoms with Crippen molar-refractivity contribution in [2.75, 3.05) is 13.2 Å². The molecule has 0 aromatic rings. The molecule has 0 heterocycles. The predicted molar refractivity (Wildman–Crippen MR) is 90.2 cm³/mol. The van der Waals surface area contributed by atoms with Gasteiger partial charge in [0.05, 0.1) is 0 Å². The van der Waals surface area contributed by atoms with Crippen LogP contribution in [0.2, 0.25) is 0 Å². The number of aliphatic hydroxyl groups excluding tert-OH is 2. The molecule has 0 saturated heterocycles. The van der Waals surface area contributed by atoms with Gasteiger partial charge in [0.1, 0.15) is 0 Å². The number of rotatable bonds is 14. The van der Waals surface area contributed by atoms with E-state index in [0.717, 1.165) is 12.8 Å². The Balaban J connectivity index is -0.000000295. The first-order valence-electron chi connectivity index (χ1n) is 9.05. The maximum atomic E-state index is 8.47. The first-order valence-corrected chi connectivity index (χ1v) is 9.05. The fourth-order valence-electron chi connectivity index (χ4n) is 2.14. The van der Waals surface area contributed by atoms with Gasteiger partial charge in [-0.25, -0.2) is 0 Å². The van der Waals surface area contributed by atoms with Gasteiger partial charge in [-0.05, 0) is 12.8 Å². The van der Waals surface area contributed by atoms with Crippen molar-refractivity contribution < 1.29 is 36.1 Å². The summed E-state index contributed by atoms with van der Waals surface area (Å²) >= 11 is 0. The van der Waals surface area contributed by atoms with Gasteiger partial charge in [0.2, 0.25) is 0 Å². The summed E-state index contributed by atoms with van der Waals surface area (Å²) in [5, 5.41) is 16.9. The largest absolute Gasteiger partial charge is 0.396 e. The molecule has 21 heavy (non-hydrogen) atoms. The number of hydrogen-bond donors (Lipinski definition) is 2. The van der Waals surface area contributed by atoms with Crippen molar-refractivity contribution in [1.29, 1.82) is 0 Å². The van der Waals surface area contributed by atoms with Crippen LogP contribution in [0, 0.1) is 0 Å². The average Bonchev–Trinajstić information content (AvgIpc) is 2.47. The fraction of sp³-hybridized carbons (Fsp3) is 1.00. The van der Waals surface area contributed by atoms with Crippen LogP contribution < -0.4 is 0 Å². The van der Waals surface area contributed by atoms with Crippen LogP contribution in [0.1, 0.15) is 104 Å². The Hall–Kier alpha value is 0.790. The molecule has 0 aromatic carbocycles. The first-order chi connectivity index (χ1) is 9.83. The minimum atomic E-state index is 0. The summed E-state index contributed by atoms with van der Waals surface area (Å²) in [4.78, 5) is 0. The van der Waals surface area contributed by atoms with Gasteiger partial charge in [-0.15, -0.1) is 0 Å². The smallest absolute Gasteiger partial charge is 0.0431 e. The zero-order valence-corrected chi connectivity index (χ0v) is 18.3. The van der Waals surface area contributed by atoms with Gasteiger partial charge < -0.3 is 10.2 Å². The first kappa shape index (κ1) is 26.7. The van der Waals surface area contributed by atoms with Crippen LogP contribution in [-0.4, -0.2) is 23.4 Å². The van der Waals surface area contributed by atoms with Crippen molar-refractivity contribution in [2.24, 2.45) is 0 Å². The monoisotopic (exact) mass is 468 g/mol. The van der Waals surface area contributed by atoms with Gasteiger partial charge in [0, 0.05) is 39.1 Å². The molecule has 0 unspecified atom stereocenters. The minimum absolute atomic E-state index is 0. The Labute approximate surface area is 152 Å². The van der Waals surface area contributed by atoms with E-state index in [4.69, 9.17) is 10.2 Å². The summed E-state index contributed by atoms with van der Waals surface area (Å²) in [5.74, 6) is 0. The summed E-state index contributed by atoms with van der Waals surface area (Å²) in [6.07, 6.45) is 17.9. The van der Waals surface area contributed by atoms with E-state index in [2.05, 4.69) is 13.8 Å². The van der Waals surface area contributed by atoms with E-state index in [1.807, 2.05) is 0 Å². The summed E-state index contributed by atoms with van der Waals surface area (Å²) in [6.45, 7) is 5.20. The van der Waals surface area contributed by atoms with Crippen molar-refractivity contribution in [3.05, 3.63) is 0 Å². The third kappa shape index (κ3) is 33.6. The summed E-state index contributed by atoms with van der Waals surface area (Å²) < 4.78 is 0. The van der Waals surface area contributed by atoms with Crippen molar-refractivity contribution in [3.63, 3.8) is 0 Å². The molecule has 0 rings (SSSR count). The molecule has 0 saturated carbocycles. The van der Waals surface area contributed by atoms with Crippen LogP contribution in [0.3, 0.4) is 0 Å². The summed E-state index contributed by atoms with van der Waals surface area (Å²) in [6, 6.07) is 0. The summed E-state index contributed by atoms with van der Waals surface area (Å²) in [7, 11) is 0. The third-order valence-electron chi connectivity index (χ3n) is 3.52. The van der Waals surface area contributed by atoms with Gasteiger partial charge >= 0.3 is 0 Å². The SMILES string of the molecule is CCCCCCCCCO.CCCCCCCCCO.[Hf]. The van der Waals surface area contributed by atoms with E-state index in [0.29, 0.717) is 13.2 Å². The zero-order chi connectivity index (χ0) is 15.3. The molecule has 0 bridgehead atoms. The van der Waals surface area contributed by atoms with Gasteiger partial charge in [0.25, 0.3) is 0 Å². The van der Waals surface area contributed by atoms with Crippen LogP contribution in [0.25, 0.3) is 0 Å². The summed E-state index contributed by atoms with van der Waals surface area (Å²) in [5.41, 5.74) is 0. The average molecular weight is 467 g/mol. The maximum Gasteiger partial charge on any atom is 0.0431 e. The molecule has 0 atom stereocenters. The Kier molecular flexibility index (Phi) is 36.7. The maximum absolute atomic E-state index is 8.47. The van der Waals surface area contributed by atoms with Crippen molar-refractivity contribution >= 4 is 0 Å². The van der Waals surface area contributed by atoms with Gasteiger partial charge in [0.15, 0.2) is 0 Å². The third-order valence-corrected chi connectivity index (χ3v) is 3.52. The second kappa shape index (κ2) is 28.9. The molecule has 0 aliphatic heterocycles. The van der Waals surface area contributed by atoms with Crippen LogP contribution >= 0.6 is 0 Å². The van der Waals surface area contributed by atoms with Crippen LogP contribution in [0.4, 0.5) is 0 Å². The van der Waals surface area contributed by atoms with Crippen molar-refractivity contribution in [1.82, 2.24) is 0 Å². The molecule has 128 valence electrons. The molecule has 0 aliphatic carbocycles. The number of unbranched alkanes of at least 4 members (excludes halogenated alkanes) is 12. The second-order valence-electron chi connectivity index (χ2n) is 5.69. The molecule has 2 N–H and O–H groups in total. The molecule has 0 fully saturated rings. The van der Waals surface area contributed by atoms with E-state index in [1.165, 1.54) is 77.0 Å². The van der Waals surface area contributed by atoms with Crippen LogP contribution in [0.5, 0.6) is 0 Å². The molecule has 3 heteroatoms. The van der Waals surface area contributed by atoms with E-state index in [1.54, 1.807) is 0 Å². The Morgan fingerprint density at radius 1 is 0.429 bits per heavy atom. The van der Waals surface area contributed by atoms with Crippen LogP contribution in [-0.2, 0) is 25.8 Å². The zero-order valence-electron chi connectivity index (χ0n) is 14.7. The Morgan fingerprint density at radius 3 is 0.905 bits per heavy atom. The standard InChI is InChI=1S/2C9H20O.Hf/c2*1-2-3-4-5-6-7-8-9-10;/h2*10H,2-9H2,1H3;. The van der Waals surface area contributed by atoms with E-state index < -0.39 is 0 Å². The van der Waals surface area contributed by atoms with E-state index >= 15 is 0 Å². The van der Waals surface area contributed by atoms with Gasteiger partial charge in [-0.2, -0.15) is 0 Å². The van der Waals surface area contributed by atoms with Gasteiger partial charge in [-0.3, -0.25) is 0 Å². The quantitative estimate of drug-likeness (QED) is 0.264. The normalized spacial score (nSPS) is 9.71. The van der Waals surface area contributed by atoms with E-state index in [-0.39, 0.29) is 25.8 Å². The molecule has 0 spiro atoms.